The van der Waals surface area contributed by atoms with Crippen molar-refractivity contribution in [1.29, 1.82) is 0 Å². The first-order chi connectivity index (χ1) is 13.1. The van der Waals surface area contributed by atoms with E-state index >= 15 is 0 Å². The van der Waals surface area contributed by atoms with Crippen LogP contribution in [0.25, 0.3) is 0 Å². The molecule has 0 aliphatic heterocycles. The highest BCUT2D eigenvalue weighted by atomic mass is 16.2. The van der Waals surface area contributed by atoms with E-state index in [2.05, 4.69) is 35.7 Å². The van der Waals surface area contributed by atoms with Crippen molar-refractivity contribution >= 4 is 11.7 Å². The van der Waals surface area contributed by atoms with Gasteiger partial charge in [0.25, 0.3) is 0 Å². The van der Waals surface area contributed by atoms with Crippen LogP contribution in [-0.2, 0) is 24.3 Å². The van der Waals surface area contributed by atoms with Gasteiger partial charge < -0.3 is 10.2 Å². The van der Waals surface area contributed by atoms with E-state index in [4.69, 9.17) is 0 Å². The smallest absolute Gasteiger partial charge is 0.242 e. The lowest BCUT2D eigenvalue weighted by molar-refractivity contribution is -0.122. The number of nitrogens with zero attached hydrogens (tertiary/aromatic N) is 7. The normalized spacial score (nSPS) is 10.6. The number of hydrogen-bond donors (Lipinski definition) is 1. The second-order valence-corrected chi connectivity index (χ2v) is 6.14. The largest absolute Gasteiger partial charge is 0.359 e. The molecule has 0 fully saturated rings. The number of tetrazole rings is 1. The standard InChI is InChI=1S/C18H22N8O/c1-14-22-23-24-26(14)13-17(27)21-12-15-6-5-10-20-18(15)25(2)11-8-16-7-3-4-9-19-16/h3-7,9-10H,8,11-13H2,1-2H3,(H,21,27). The first-order valence-corrected chi connectivity index (χ1v) is 8.68. The second-order valence-electron chi connectivity index (χ2n) is 6.14. The Morgan fingerprint density at radius 3 is 2.78 bits per heavy atom. The van der Waals surface area contributed by atoms with Crippen LogP contribution in [0.2, 0.25) is 0 Å². The lowest BCUT2D eigenvalue weighted by atomic mass is 10.2. The summed E-state index contributed by atoms with van der Waals surface area (Å²) in [5, 5.41) is 14.0. The Labute approximate surface area is 157 Å². The number of pyridine rings is 2. The number of hydrogen-bond acceptors (Lipinski definition) is 7. The molecule has 3 aromatic heterocycles. The van der Waals surface area contributed by atoms with Gasteiger partial charge in [-0.25, -0.2) is 9.67 Å². The summed E-state index contributed by atoms with van der Waals surface area (Å²) < 4.78 is 1.46. The van der Waals surface area contributed by atoms with Crippen LogP contribution in [0.5, 0.6) is 0 Å². The quantitative estimate of drug-likeness (QED) is 0.628. The molecule has 0 aliphatic rings. The van der Waals surface area contributed by atoms with E-state index in [9.17, 15) is 4.79 Å². The van der Waals surface area contributed by atoms with Gasteiger partial charge in [-0.1, -0.05) is 12.1 Å². The zero-order valence-electron chi connectivity index (χ0n) is 15.4. The maximum absolute atomic E-state index is 12.2. The van der Waals surface area contributed by atoms with Gasteiger partial charge in [-0.3, -0.25) is 9.78 Å². The maximum atomic E-state index is 12.2. The van der Waals surface area contributed by atoms with E-state index in [-0.39, 0.29) is 12.5 Å². The Bertz CT molecular complexity index is 880. The summed E-state index contributed by atoms with van der Waals surface area (Å²) in [6.07, 6.45) is 4.37. The molecule has 9 nitrogen and oxygen atoms in total. The Kier molecular flexibility index (Phi) is 6.03. The number of anilines is 1. The molecule has 0 saturated heterocycles. The number of carbonyl (C=O) groups excluding carboxylic acids is 1. The van der Waals surface area contributed by atoms with Crippen molar-refractivity contribution in [3.63, 3.8) is 0 Å². The number of aromatic nitrogens is 6. The van der Waals surface area contributed by atoms with Gasteiger partial charge in [0.2, 0.25) is 5.91 Å². The topological polar surface area (TPSA) is 102 Å². The molecule has 0 bridgehead atoms. The van der Waals surface area contributed by atoms with Crippen molar-refractivity contribution in [3.8, 4) is 0 Å². The lowest BCUT2D eigenvalue weighted by Crippen LogP contribution is -2.29. The van der Waals surface area contributed by atoms with Gasteiger partial charge in [-0.05, 0) is 35.5 Å². The SMILES string of the molecule is Cc1nnnn1CC(=O)NCc1cccnc1N(C)CCc1ccccn1. The highest BCUT2D eigenvalue weighted by molar-refractivity contribution is 5.75. The van der Waals surface area contributed by atoms with Gasteiger partial charge in [0.1, 0.15) is 18.2 Å². The Morgan fingerprint density at radius 1 is 1.19 bits per heavy atom. The minimum atomic E-state index is -0.156. The molecule has 1 N–H and O–H groups in total. The van der Waals surface area contributed by atoms with Gasteiger partial charge >= 0.3 is 0 Å². The van der Waals surface area contributed by atoms with Crippen molar-refractivity contribution in [2.45, 2.75) is 26.4 Å². The van der Waals surface area contributed by atoms with Crippen molar-refractivity contribution in [3.05, 3.63) is 59.8 Å². The summed E-state index contributed by atoms with van der Waals surface area (Å²) in [6, 6.07) is 9.72. The predicted molar refractivity (Wildman–Crippen MR) is 99.8 cm³/mol. The first-order valence-electron chi connectivity index (χ1n) is 8.68. The minimum absolute atomic E-state index is 0.0872. The molecule has 0 saturated carbocycles. The van der Waals surface area contributed by atoms with Crippen molar-refractivity contribution < 1.29 is 4.79 Å². The van der Waals surface area contributed by atoms with Gasteiger partial charge in [0.05, 0.1) is 0 Å². The van der Waals surface area contributed by atoms with Crippen LogP contribution >= 0.6 is 0 Å². The Morgan fingerprint density at radius 2 is 2.04 bits per heavy atom. The molecule has 0 atom stereocenters. The molecule has 0 aliphatic carbocycles. The molecule has 0 radical (unpaired) electrons. The number of carbonyl (C=O) groups is 1. The fourth-order valence-electron chi connectivity index (χ4n) is 2.63. The van der Waals surface area contributed by atoms with Crippen LogP contribution in [-0.4, -0.2) is 49.7 Å². The van der Waals surface area contributed by atoms with Crippen LogP contribution in [0.3, 0.4) is 0 Å². The third kappa shape index (κ3) is 5.06. The number of amides is 1. The molecule has 1 amide bonds. The number of rotatable bonds is 8. The van der Waals surface area contributed by atoms with E-state index in [1.54, 1.807) is 19.3 Å². The maximum Gasteiger partial charge on any atom is 0.242 e. The monoisotopic (exact) mass is 366 g/mol. The summed E-state index contributed by atoms with van der Waals surface area (Å²) in [5.74, 6) is 1.28. The lowest BCUT2D eigenvalue weighted by Gasteiger charge is -2.21. The summed E-state index contributed by atoms with van der Waals surface area (Å²) in [5.41, 5.74) is 1.98. The number of likely N-dealkylation sites (N-methyl/N-ethyl adjacent to an activating group) is 1. The summed E-state index contributed by atoms with van der Waals surface area (Å²) in [4.78, 5) is 23.1. The predicted octanol–water partition coefficient (Wildman–Crippen LogP) is 0.767. The highest BCUT2D eigenvalue weighted by Crippen LogP contribution is 2.16. The fourth-order valence-corrected chi connectivity index (χ4v) is 2.63. The molecule has 3 heterocycles. The molecule has 0 spiro atoms. The zero-order chi connectivity index (χ0) is 19.1. The highest BCUT2D eigenvalue weighted by Gasteiger charge is 2.12. The molecule has 140 valence electrons. The second kappa shape index (κ2) is 8.84. The molecular formula is C18H22N8O. The molecule has 3 rings (SSSR count). The molecular weight excluding hydrogens is 344 g/mol. The van der Waals surface area contributed by atoms with Gasteiger partial charge in [-0.2, -0.15) is 0 Å². The van der Waals surface area contributed by atoms with Gasteiger partial charge in [0, 0.05) is 50.2 Å². The average molecular weight is 366 g/mol. The van der Waals surface area contributed by atoms with Crippen molar-refractivity contribution in [2.75, 3.05) is 18.5 Å². The van der Waals surface area contributed by atoms with Gasteiger partial charge in [0.15, 0.2) is 0 Å². The van der Waals surface area contributed by atoms with Crippen LogP contribution < -0.4 is 10.2 Å². The molecule has 9 heteroatoms. The van der Waals surface area contributed by atoms with Gasteiger partial charge in [-0.15, -0.1) is 5.10 Å². The van der Waals surface area contributed by atoms with Crippen molar-refractivity contribution in [1.82, 2.24) is 35.5 Å². The van der Waals surface area contributed by atoms with E-state index < -0.39 is 0 Å². The third-order valence-electron chi connectivity index (χ3n) is 4.14. The minimum Gasteiger partial charge on any atom is -0.359 e. The summed E-state index contributed by atoms with van der Waals surface area (Å²) in [7, 11) is 1.99. The molecule has 3 aromatic rings. The van der Waals surface area contributed by atoms with Crippen LogP contribution in [0.4, 0.5) is 5.82 Å². The van der Waals surface area contributed by atoms with E-state index in [1.807, 2.05) is 37.4 Å². The summed E-state index contributed by atoms with van der Waals surface area (Å²) >= 11 is 0. The average Bonchev–Trinajstić information content (AvgIpc) is 3.10. The van der Waals surface area contributed by atoms with Crippen LogP contribution in [0, 0.1) is 6.92 Å². The van der Waals surface area contributed by atoms with E-state index in [0.29, 0.717) is 12.4 Å². The molecule has 0 unspecified atom stereocenters. The third-order valence-corrected chi connectivity index (χ3v) is 4.14. The Balaban J connectivity index is 1.58. The summed E-state index contributed by atoms with van der Waals surface area (Å²) in [6.45, 7) is 3.00. The van der Waals surface area contributed by atoms with Crippen LogP contribution in [0.15, 0.2) is 42.7 Å². The molecule has 0 aromatic carbocycles. The number of nitrogens with one attached hydrogen (secondary N) is 1. The zero-order valence-corrected chi connectivity index (χ0v) is 15.4. The molecule has 27 heavy (non-hydrogen) atoms. The Hall–Kier alpha value is -3.36. The van der Waals surface area contributed by atoms with Crippen molar-refractivity contribution in [2.24, 2.45) is 0 Å². The van der Waals surface area contributed by atoms with E-state index in [0.717, 1.165) is 30.0 Å². The van der Waals surface area contributed by atoms with Crippen LogP contribution in [0.1, 0.15) is 17.1 Å². The number of aryl methyl sites for hydroxylation is 1. The van der Waals surface area contributed by atoms with E-state index in [1.165, 1.54) is 4.68 Å². The fraction of sp³-hybridized carbons (Fsp3) is 0.333. The first kappa shape index (κ1) is 18.4.